The van der Waals surface area contributed by atoms with Crippen molar-refractivity contribution < 1.29 is 13.5 Å². The van der Waals surface area contributed by atoms with Gasteiger partial charge >= 0.3 is 0 Å². The Morgan fingerprint density at radius 1 is 1.44 bits per heavy atom. The summed E-state index contributed by atoms with van der Waals surface area (Å²) in [6.45, 7) is 3.72. The number of rotatable bonds is 7. The van der Waals surface area contributed by atoms with E-state index < -0.39 is 10.0 Å². The van der Waals surface area contributed by atoms with Crippen LogP contribution in [0.2, 0.25) is 0 Å². The van der Waals surface area contributed by atoms with Gasteiger partial charge in [0.05, 0.1) is 11.9 Å². The fourth-order valence-electron chi connectivity index (χ4n) is 2.56. The highest BCUT2D eigenvalue weighted by Gasteiger charge is 2.27. The van der Waals surface area contributed by atoms with E-state index in [1.165, 1.54) is 7.05 Å². The monoisotopic (exact) mass is 278 g/mol. The molecule has 2 N–H and O–H groups in total. The first-order valence-corrected chi connectivity index (χ1v) is 8.48. The first-order valence-electron chi connectivity index (χ1n) is 6.83. The molecule has 1 rings (SSSR count). The molecule has 0 saturated carbocycles. The summed E-state index contributed by atoms with van der Waals surface area (Å²) in [6.07, 6.45) is 4.42. The molecule has 0 aromatic heterocycles. The van der Waals surface area contributed by atoms with Crippen LogP contribution in [-0.2, 0) is 10.0 Å². The van der Waals surface area contributed by atoms with Crippen molar-refractivity contribution in [3.8, 4) is 0 Å². The third-order valence-corrected chi connectivity index (χ3v) is 5.14. The number of nitrogens with one attached hydrogen (secondary N) is 1. The smallest absolute Gasteiger partial charge is 0.211 e. The van der Waals surface area contributed by atoms with Crippen LogP contribution in [0.3, 0.4) is 0 Å². The molecular formula is C12H26N2O3S. The highest BCUT2D eigenvalue weighted by molar-refractivity contribution is 7.89. The molecule has 1 saturated heterocycles. The van der Waals surface area contributed by atoms with Crippen molar-refractivity contribution in [3.63, 3.8) is 0 Å². The second-order valence-corrected chi connectivity index (χ2v) is 7.00. The van der Waals surface area contributed by atoms with E-state index in [1.54, 1.807) is 0 Å². The van der Waals surface area contributed by atoms with Crippen LogP contribution in [0.5, 0.6) is 0 Å². The quantitative estimate of drug-likeness (QED) is 0.713. The minimum absolute atomic E-state index is 0.162. The van der Waals surface area contributed by atoms with E-state index in [0.717, 1.165) is 38.8 Å². The first-order chi connectivity index (χ1) is 8.50. The molecule has 18 heavy (non-hydrogen) atoms. The lowest BCUT2D eigenvalue weighted by Gasteiger charge is -2.38. The third-order valence-electron chi connectivity index (χ3n) is 3.70. The number of hydrogen-bond acceptors (Lipinski definition) is 4. The fraction of sp³-hybridized carbons (Fsp3) is 1.00. The van der Waals surface area contributed by atoms with Gasteiger partial charge in [-0.3, -0.25) is 4.90 Å². The maximum absolute atomic E-state index is 11.3. The number of nitrogens with zero attached hydrogens (tertiary/aromatic N) is 1. The Balaban J connectivity index is 2.43. The molecule has 1 fully saturated rings. The fourth-order valence-corrected chi connectivity index (χ4v) is 3.28. The predicted molar refractivity (Wildman–Crippen MR) is 73.0 cm³/mol. The highest BCUT2D eigenvalue weighted by atomic mass is 32.2. The summed E-state index contributed by atoms with van der Waals surface area (Å²) >= 11 is 0. The Labute approximate surface area is 111 Å². The van der Waals surface area contributed by atoms with Crippen LogP contribution in [0.25, 0.3) is 0 Å². The second kappa shape index (κ2) is 7.43. The van der Waals surface area contributed by atoms with Gasteiger partial charge in [-0.1, -0.05) is 13.3 Å². The lowest BCUT2D eigenvalue weighted by molar-refractivity contribution is 0.0243. The van der Waals surface area contributed by atoms with Gasteiger partial charge in [0.25, 0.3) is 0 Å². The van der Waals surface area contributed by atoms with Crippen LogP contribution in [-0.4, -0.2) is 56.5 Å². The molecular weight excluding hydrogens is 252 g/mol. The largest absolute Gasteiger partial charge is 0.392 e. The normalized spacial score (nSPS) is 24.1. The third kappa shape index (κ3) is 4.84. The molecule has 0 radical (unpaired) electrons. The number of aliphatic hydroxyl groups excluding tert-OH is 1. The summed E-state index contributed by atoms with van der Waals surface area (Å²) in [5.41, 5.74) is 0. The van der Waals surface area contributed by atoms with Crippen LogP contribution < -0.4 is 4.72 Å². The molecule has 108 valence electrons. The van der Waals surface area contributed by atoms with Crippen molar-refractivity contribution >= 4 is 10.0 Å². The minimum Gasteiger partial charge on any atom is -0.392 e. The van der Waals surface area contributed by atoms with E-state index in [2.05, 4.69) is 9.62 Å². The Hall–Kier alpha value is -0.170. The van der Waals surface area contributed by atoms with Crippen LogP contribution >= 0.6 is 0 Å². The summed E-state index contributed by atoms with van der Waals surface area (Å²) in [4.78, 5) is 2.25. The number of piperidine rings is 1. The van der Waals surface area contributed by atoms with Gasteiger partial charge in [-0.2, -0.15) is 0 Å². The van der Waals surface area contributed by atoms with Crippen LogP contribution in [0.4, 0.5) is 0 Å². The summed E-state index contributed by atoms with van der Waals surface area (Å²) in [5, 5.41) is 9.99. The van der Waals surface area contributed by atoms with Crippen molar-refractivity contribution in [2.75, 3.05) is 25.9 Å². The molecule has 0 aromatic rings. The average molecular weight is 278 g/mol. The SMILES string of the molecule is CCC(O)C1CCCCN1CCCS(=O)(=O)NC. The minimum atomic E-state index is -3.10. The van der Waals surface area contributed by atoms with E-state index in [9.17, 15) is 13.5 Å². The molecule has 0 aliphatic carbocycles. The molecule has 0 aromatic carbocycles. The van der Waals surface area contributed by atoms with E-state index >= 15 is 0 Å². The topological polar surface area (TPSA) is 69.6 Å². The molecule has 0 amide bonds. The number of hydrogen-bond donors (Lipinski definition) is 2. The van der Waals surface area contributed by atoms with Gasteiger partial charge in [-0.15, -0.1) is 0 Å². The summed E-state index contributed by atoms with van der Waals surface area (Å²) < 4.78 is 25.0. The molecule has 2 atom stereocenters. The summed E-state index contributed by atoms with van der Waals surface area (Å²) in [5.74, 6) is 0.162. The van der Waals surface area contributed by atoms with E-state index in [-0.39, 0.29) is 17.9 Å². The highest BCUT2D eigenvalue weighted by Crippen LogP contribution is 2.21. The lowest BCUT2D eigenvalue weighted by atomic mass is 9.96. The van der Waals surface area contributed by atoms with Crippen LogP contribution in [0, 0.1) is 0 Å². The van der Waals surface area contributed by atoms with Gasteiger partial charge in [0.1, 0.15) is 0 Å². The summed E-state index contributed by atoms with van der Waals surface area (Å²) in [6, 6.07) is 0.209. The first kappa shape index (κ1) is 15.9. The maximum atomic E-state index is 11.3. The van der Waals surface area contributed by atoms with Gasteiger partial charge in [-0.05, 0) is 45.8 Å². The molecule has 5 nitrogen and oxygen atoms in total. The predicted octanol–water partition coefficient (Wildman–Crippen LogP) is 0.551. The Morgan fingerprint density at radius 2 is 2.17 bits per heavy atom. The van der Waals surface area contributed by atoms with Gasteiger partial charge in [0, 0.05) is 6.04 Å². The molecule has 6 heteroatoms. The van der Waals surface area contributed by atoms with Crippen molar-refractivity contribution in [3.05, 3.63) is 0 Å². The van der Waals surface area contributed by atoms with E-state index in [0.29, 0.717) is 6.42 Å². The Morgan fingerprint density at radius 3 is 2.78 bits per heavy atom. The number of likely N-dealkylation sites (tertiary alicyclic amines) is 1. The van der Waals surface area contributed by atoms with Crippen molar-refractivity contribution in [1.29, 1.82) is 0 Å². The zero-order chi connectivity index (χ0) is 13.6. The molecule has 1 heterocycles. The van der Waals surface area contributed by atoms with Crippen molar-refractivity contribution in [1.82, 2.24) is 9.62 Å². The molecule has 0 bridgehead atoms. The lowest BCUT2D eigenvalue weighted by Crippen LogP contribution is -2.47. The van der Waals surface area contributed by atoms with Crippen molar-refractivity contribution in [2.45, 2.75) is 51.2 Å². The Bertz CT molecular complexity index is 332. The second-order valence-electron chi connectivity index (χ2n) is 4.95. The Kier molecular flexibility index (Phi) is 6.55. The molecule has 0 spiro atoms. The summed E-state index contributed by atoms with van der Waals surface area (Å²) in [7, 11) is -1.66. The van der Waals surface area contributed by atoms with Gasteiger partial charge in [0.15, 0.2) is 0 Å². The zero-order valence-corrected chi connectivity index (χ0v) is 12.2. The van der Waals surface area contributed by atoms with E-state index in [1.807, 2.05) is 6.92 Å². The standard InChI is InChI=1S/C12H26N2O3S/c1-3-12(15)11-7-4-5-8-14(11)9-6-10-18(16,17)13-2/h11-13,15H,3-10H2,1-2H3. The number of aliphatic hydroxyl groups is 1. The molecule has 2 unspecified atom stereocenters. The van der Waals surface area contributed by atoms with Crippen LogP contribution in [0.15, 0.2) is 0 Å². The zero-order valence-electron chi connectivity index (χ0n) is 11.4. The average Bonchev–Trinajstić information content (AvgIpc) is 2.38. The van der Waals surface area contributed by atoms with Crippen molar-refractivity contribution in [2.24, 2.45) is 0 Å². The van der Waals surface area contributed by atoms with Gasteiger partial charge in [0.2, 0.25) is 10.0 Å². The van der Waals surface area contributed by atoms with Gasteiger partial charge < -0.3 is 5.11 Å². The van der Waals surface area contributed by atoms with E-state index in [4.69, 9.17) is 0 Å². The molecule has 1 aliphatic heterocycles. The maximum Gasteiger partial charge on any atom is 0.211 e. The number of sulfonamides is 1. The molecule has 1 aliphatic rings. The van der Waals surface area contributed by atoms with Crippen LogP contribution in [0.1, 0.15) is 39.0 Å². The van der Waals surface area contributed by atoms with Gasteiger partial charge in [-0.25, -0.2) is 13.1 Å².